The van der Waals surface area contributed by atoms with Crippen molar-refractivity contribution in [2.75, 3.05) is 13.6 Å². The second-order valence-corrected chi connectivity index (χ2v) is 5.10. The van der Waals surface area contributed by atoms with Crippen LogP contribution >= 0.6 is 0 Å². The van der Waals surface area contributed by atoms with Crippen molar-refractivity contribution in [1.82, 2.24) is 5.32 Å². The van der Waals surface area contributed by atoms with E-state index in [2.05, 4.69) is 5.32 Å². The minimum atomic E-state index is -4.39. The smallest absolute Gasteiger partial charge is 0.416 e. The first-order valence-electron chi connectivity index (χ1n) is 7.13. The van der Waals surface area contributed by atoms with Crippen molar-refractivity contribution in [1.29, 1.82) is 0 Å². The molecule has 6 heteroatoms. The van der Waals surface area contributed by atoms with Gasteiger partial charge in [0.2, 0.25) is 0 Å². The third-order valence-corrected chi connectivity index (χ3v) is 3.34. The number of aliphatic hydroxyl groups is 1. The number of aliphatic hydroxyl groups excluding tert-OH is 1. The SMILES string of the molecule is CNCC(O)C(Oc1ccc(C(F)(F)F)cc1)c1ccccc1. The lowest BCUT2D eigenvalue weighted by Gasteiger charge is -2.24. The zero-order valence-electron chi connectivity index (χ0n) is 12.5. The zero-order valence-corrected chi connectivity index (χ0v) is 12.5. The Morgan fingerprint density at radius 2 is 1.65 bits per heavy atom. The summed E-state index contributed by atoms with van der Waals surface area (Å²) in [4.78, 5) is 0. The third kappa shape index (κ3) is 4.71. The molecule has 0 saturated heterocycles. The molecule has 0 fully saturated rings. The van der Waals surface area contributed by atoms with E-state index < -0.39 is 23.9 Å². The monoisotopic (exact) mass is 325 g/mol. The summed E-state index contributed by atoms with van der Waals surface area (Å²) in [6, 6.07) is 13.5. The van der Waals surface area contributed by atoms with Crippen LogP contribution in [0.5, 0.6) is 5.75 Å². The van der Waals surface area contributed by atoms with Crippen LogP contribution in [0, 0.1) is 0 Å². The molecule has 0 bridgehead atoms. The molecule has 2 atom stereocenters. The molecule has 2 N–H and O–H groups in total. The molecule has 0 saturated carbocycles. The lowest BCUT2D eigenvalue weighted by Crippen LogP contribution is -2.32. The molecule has 2 aromatic carbocycles. The number of hydrogen-bond acceptors (Lipinski definition) is 3. The van der Waals surface area contributed by atoms with Crippen molar-refractivity contribution < 1.29 is 23.0 Å². The molecular weight excluding hydrogens is 307 g/mol. The van der Waals surface area contributed by atoms with Gasteiger partial charge in [0, 0.05) is 6.54 Å². The van der Waals surface area contributed by atoms with E-state index in [1.165, 1.54) is 12.1 Å². The van der Waals surface area contributed by atoms with Gasteiger partial charge in [-0.2, -0.15) is 13.2 Å². The molecule has 2 unspecified atom stereocenters. The number of rotatable bonds is 6. The summed E-state index contributed by atoms with van der Waals surface area (Å²) in [7, 11) is 1.70. The minimum Gasteiger partial charge on any atom is -0.483 e. The van der Waals surface area contributed by atoms with Crippen molar-refractivity contribution in [2.24, 2.45) is 0 Å². The normalized spacial score (nSPS) is 14.3. The third-order valence-electron chi connectivity index (χ3n) is 3.34. The van der Waals surface area contributed by atoms with E-state index in [0.717, 1.165) is 17.7 Å². The van der Waals surface area contributed by atoms with Gasteiger partial charge in [0.15, 0.2) is 6.10 Å². The van der Waals surface area contributed by atoms with Crippen LogP contribution in [0.15, 0.2) is 54.6 Å². The summed E-state index contributed by atoms with van der Waals surface area (Å²) in [6.45, 7) is 0.292. The number of halogens is 3. The standard InChI is InChI=1S/C17H18F3NO2/c1-21-11-15(22)16(12-5-3-2-4-6-12)23-14-9-7-13(8-10-14)17(18,19)20/h2-10,15-16,21-22H,11H2,1H3. The molecule has 0 heterocycles. The zero-order chi connectivity index (χ0) is 16.9. The summed E-state index contributed by atoms with van der Waals surface area (Å²) >= 11 is 0. The first-order valence-corrected chi connectivity index (χ1v) is 7.13. The summed E-state index contributed by atoms with van der Waals surface area (Å²) in [5, 5.41) is 13.1. The Morgan fingerprint density at radius 1 is 1.04 bits per heavy atom. The molecule has 0 aliphatic heterocycles. The van der Waals surface area contributed by atoms with Crippen molar-refractivity contribution in [2.45, 2.75) is 18.4 Å². The number of alkyl halides is 3. The van der Waals surface area contributed by atoms with Gasteiger partial charge in [0.1, 0.15) is 11.9 Å². The van der Waals surface area contributed by atoms with E-state index in [1.807, 2.05) is 18.2 Å². The Kier molecular flexibility index (Phi) is 5.63. The average Bonchev–Trinajstić information content (AvgIpc) is 2.53. The Hall–Kier alpha value is -2.05. The molecule has 124 valence electrons. The van der Waals surface area contributed by atoms with Crippen LogP contribution in [0.25, 0.3) is 0 Å². The maximum atomic E-state index is 12.6. The van der Waals surface area contributed by atoms with Crippen LogP contribution in [0.3, 0.4) is 0 Å². The molecule has 23 heavy (non-hydrogen) atoms. The lowest BCUT2D eigenvalue weighted by molar-refractivity contribution is -0.137. The molecule has 0 radical (unpaired) electrons. The summed E-state index contributed by atoms with van der Waals surface area (Å²) in [6.07, 6.45) is -5.91. The van der Waals surface area contributed by atoms with Gasteiger partial charge in [-0.25, -0.2) is 0 Å². The van der Waals surface area contributed by atoms with E-state index in [9.17, 15) is 18.3 Å². The van der Waals surface area contributed by atoms with Gasteiger partial charge in [-0.15, -0.1) is 0 Å². The summed E-state index contributed by atoms with van der Waals surface area (Å²) in [5.74, 6) is 0.266. The van der Waals surface area contributed by atoms with Crippen molar-refractivity contribution in [3.8, 4) is 5.75 Å². The second kappa shape index (κ2) is 7.48. The van der Waals surface area contributed by atoms with Gasteiger partial charge in [0.05, 0.1) is 5.56 Å². The van der Waals surface area contributed by atoms with E-state index in [1.54, 1.807) is 19.2 Å². The van der Waals surface area contributed by atoms with E-state index >= 15 is 0 Å². The van der Waals surface area contributed by atoms with Gasteiger partial charge in [0.25, 0.3) is 0 Å². The van der Waals surface area contributed by atoms with Crippen molar-refractivity contribution in [3.63, 3.8) is 0 Å². The Balaban J connectivity index is 2.21. The summed E-state index contributed by atoms with van der Waals surface area (Å²) < 4.78 is 43.5. The quantitative estimate of drug-likeness (QED) is 0.855. The molecular formula is C17H18F3NO2. The maximum Gasteiger partial charge on any atom is 0.416 e. The van der Waals surface area contributed by atoms with Crippen molar-refractivity contribution in [3.05, 3.63) is 65.7 Å². The molecule has 0 spiro atoms. The van der Waals surface area contributed by atoms with Crippen LogP contribution in [-0.4, -0.2) is 24.8 Å². The number of hydrogen-bond donors (Lipinski definition) is 2. The Bertz CT molecular complexity index is 599. The van der Waals surface area contributed by atoms with Crippen LogP contribution in [0.2, 0.25) is 0 Å². The molecule has 0 aliphatic rings. The molecule has 2 aromatic rings. The topological polar surface area (TPSA) is 41.5 Å². The Labute approximate surface area is 132 Å². The molecule has 2 rings (SSSR count). The number of nitrogens with one attached hydrogen (secondary N) is 1. The van der Waals surface area contributed by atoms with Crippen LogP contribution in [-0.2, 0) is 6.18 Å². The number of likely N-dealkylation sites (N-methyl/N-ethyl adjacent to an activating group) is 1. The molecule has 0 amide bonds. The number of ether oxygens (including phenoxy) is 1. The van der Waals surface area contributed by atoms with E-state index in [0.29, 0.717) is 6.54 Å². The number of benzene rings is 2. The van der Waals surface area contributed by atoms with Gasteiger partial charge in [-0.3, -0.25) is 0 Å². The molecule has 0 aliphatic carbocycles. The molecule has 3 nitrogen and oxygen atoms in total. The lowest BCUT2D eigenvalue weighted by atomic mass is 10.0. The van der Waals surface area contributed by atoms with Gasteiger partial charge >= 0.3 is 6.18 Å². The first-order chi connectivity index (χ1) is 10.9. The van der Waals surface area contributed by atoms with Gasteiger partial charge < -0.3 is 15.2 Å². The highest BCUT2D eigenvalue weighted by Gasteiger charge is 2.30. The minimum absolute atomic E-state index is 0.266. The molecule has 0 aromatic heterocycles. The fourth-order valence-corrected chi connectivity index (χ4v) is 2.20. The first kappa shape index (κ1) is 17.3. The van der Waals surface area contributed by atoms with Gasteiger partial charge in [-0.1, -0.05) is 30.3 Å². The predicted octanol–water partition coefficient (Wildman–Crippen LogP) is 3.41. The highest BCUT2D eigenvalue weighted by Crippen LogP contribution is 2.31. The van der Waals surface area contributed by atoms with Crippen LogP contribution in [0.1, 0.15) is 17.2 Å². The van der Waals surface area contributed by atoms with Crippen LogP contribution < -0.4 is 10.1 Å². The maximum absolute atomic E-state index is 12.6. The fraction of sp³-hybridized carbons (Fsp3) is 0.294. The average molecular weight is 325 g/mol. The van der Waals surface area contributed by atoms with E-state index in [4.69, 9.17) is 4.74 Å². The van der Waals surface area contributed by atoms with Gasteiger partial charge in [-0.05, 0) is 36.9 Å². The largest absolute Gasteiger partial charge is 0.483 e. The van der Waals surface area contributed by atoms with E-state index in [-0.39, 0.29) is 5.75 Å². The predicted molar refractivity (Wildman–Crippen MR) is 81.2 cm³/mol. The second-order valence-electron chi connectivity index (χ2n) is 5.10. The Morgan fingerprint density at radius 3 is 2.17 bits per heavy atom. The fourth-order valence-electron chi connectivity index (χ4n) is 2.20. The van der Waals surface area contributed by atoms with Crippen molar-refractivity contribution >= 4 is 0 Å². The van der Waals surface area contributed by atoms with Crippen LogP contribution in [0.4, 0.5) is 13.2 Å². The highest BCUT2D eigenvalue weighted by atomic mass is 19.4. The summed E-state index contributed by atoms with van der Waals surface area (Å²) in [5.41, 5.74) is 0.00651. The highest BCUT2D eigenvalue weighted by molar-refractivity contribution is 5.30.